The lowest BCUT2D eigenvalue weighted by molar-refractivity contribution is -0.384. The van der Waals surface area contributed by atoms with Crippen LogP contribution in [0, 0.1) is 10.1 Å². The number of nitro groups is 1. The molecule has 5 rings (SSSR count). The summed E-state index contributed by atoms with van der Waals surface area (Å²) in [5.41, 5.74) is 1.32. The molecule has 0 unspecified atom stereocenters. The molecule has 0 aliphatic rings. The van der Waals surface area contributed by atoms with E-state index in [1.807, 2.05) is 0 Å². The molecule has 13 nitrogen and oxygen atoms in total. The third-order valence-corrected chi connectivity index (χ3v) is 6.95. The largest absolute Gasteiger partial charge is 0.505 e. The summed E-state index contributed by atoms with van der Waals surface area (Å²) in [6.45, 7) is 0. The summed E-state index contributed by atoms with van der Waals surface area (Å²) in [6.07, 6.45) is 0. The van der Waals surface area contributed by atoms with Gasteiger partial charge in [0.15, 0.2) is 5.75 Å². The molecule has 43 heavy (non-hydrogen) atoms. The van der Waals surface area contributed by atoms with Gasteiger partial charge in [-0.1, -0.05) is 18.2 Å². The molecule has 0 radical (unpaired) electrons. The number of azo groups is 2. The van der Waals surface area contributed by atoms with Crippen LogP contribution in [0.15, 0.2) is 128 Å². The molecule has 0 saturated carbocycles. The summed E-state index contributed by atoms with van der Waals surface area (Å²) in [4.78, 5) is 22.1. The number of nitrogens with zero attached hydrogens (tertiary/aromatic N) is 5. The third kappa shape index (κ3) is 6.73. The second kappa shape index (κ2) is 11.9. The summed E-state index contributed by atoms with van der Waals surface area (Å²) >= 11 is 0. The molecule has 0 spiro atoms. The first-order valence-electron chi connectivity index (χ1n) is 12.4. The molecule has 0 saturated heterocycles. The minimum Gasteiger partial charge on any atom is -0.505 e. The number of nitrogens with one attached hydrogen (secondary N) is 1. The van der Waals surface area contributed by atoms with E-state index in [9.17, 15) is 33.0 Å². The predicted octanol–water partition coefficient (Wildman–Crippen LogP) is 7.78. The van der Waals surface area contributed by atoms with Crippen LogP contribution in [0.2, 0.25) is 0 Å². The molecule has 0 fully saturated rings. The number of hydrogen-bond donors (Lipinski definition) is 3. The Balaban J connectivity index is 1.39. The molecular formula is C29H20N6O7S. The lowest BCUT2D eigenvalue weighted by atomic mass is 10.1. The van der Waals surface area contributed by atoms with Gasteiger partial charge in [0, 0.05) is 28.8 Å². The number of phenols is 1. The molecule has 0 aliphatic heterocycles. The van der Waals surface area contributed by atoms with Crippen LogP contribution in [-0.2, 0) is 10.1 Å². The number of rotatable bonds is 8. The van der Waals surface area contributed by atoms with Crippen molar-refractivity contribution in [1.29, 1.82) is 0 Å². The fraction of sp³-hybridized carbons (Fsp3) is 0. The van der Waals surface area contributed by atoms with Gasteiger partial charge in [-0.15, -0.1) is 5.11 Å². The predicted molar refractivity (Wildman–Crippen MR) is 158 cm³/mol. The normalized spacial score (nSPS) is 11.7. The summed E-state index contributed by atoms with van der Waals surface area (Å²) < 4.78 is 34.3. The Hall–Kier alpha value is -5.86. The summed E-state index contributed by atoms with van der Waals surface area (Å²) in [7, 11) is -4.84. The lowest BCUT2D eigenvalue weighted by Gasteiger charge is -2.11. The first kappa shape index (κ1) is 28.7. The van der Waals surface area contributed by atoms with Crippen molar-refractivity contribution in [3.05, 3.63) is 119 Å². The van der Waals surface area contributed by atoms with E-state index in [0.717, 1.165) is 6.07 Å². The lowest BCUT2D eigenvalue weighted by Crippen LogP contribution is -2.11. The minimum atomic E-state index is -4.84. The monoisotopic (exact) mass is 596 g/mol. The molecule has 0 aromatic heterocycles. The highest BCUT2D eigenvalue weighted by Crippen LogP contribution is 2.42. The molecule has 3 N–H and O–H groups in total. The molecule has 1 amide bonds. The van der Waals surface area contributed by atoms with Gasteiger partial charge in [0.2, 0.25) is 0 Å². The Kier molecular flexibility index (Phi) is 7.96. The highest BCUT2D eigenvalue weighted by molar-refractivity contribution is 7.86. The summed E-state index contributed by atoms with van der Waals surface area (Å²) in [5, 5.41) is 40.8. The van der Waals surface area contributed by atoms with E-state index in [4.69, 9.17) is 0 Å². The molecule has 0 bridgehead atoms. The van der Waals surface area contributed by atoms with Gasteiger partial charge in [0.1, 0.15) is 10.6 Å². The van der Waals surface area contributed by atoms with Crippen molar-refractivity contribution < 1.29 is 27.8 Å². The van der Waals surface area contributed by atoms with Crippen LogP contribution >= 0.6 is 0 Å². The number of carbonyl (C=O) groups is 1. The zero-order chi connectivity index (χ0) is 30.6. The first-order valence-corrected chi connectivity index (χ1v) is 13.8. The number of carbonyl (C=O) groups excluding carboxylic acids is 1. The average molecular weight is 597 g/mol. The smallest absolute Gasteiger partial charge is 0.296 e. The minimum absolute atomic E-state index is 0.0691. The quantitative estimate of drug-likeness (QED) is 0.0703. The number of benzene rings is 5. The molecule has 5 aromatic carbocycles. The zero-order valence-corrected chi connectivity index (χ0v) is 22.7. The molecule has 214 valence electrons. The maximum Gasteiger partial charge on any atom is 0.296 e. The Morgan fingerprint density at radius 3 is 1.88 bits per heavy atom. The van der Waals surface area contributed by atoms with Gasteiger partial charge in [-0.2, -0.15) is 23.8 Å². The van der Waals surface area contributed by atoms with Crippen molar-refractivity contribution in [2.45, 2.75) is 4.90 Å². The van der Waals surface area contributed by atoms with E-state index in [-0.39, 0.29) is 28.1 Å². The van der Waals surface area contributed by atoms with Crippen LogP contribution in [0.25, 0.3) is 10.8 Å². The number of anilines is 1. The van der Waals surface area contributed by atoms with Gasteiger partial charge < -0.3 is 10.4 Å². The first-order chi connectivity index (χ1) is 20.6. The van der Waals surface area contributed by atoms with Gasteiger partial charge in [0.25, 0.3) is 21.7 Å². The Labute approximate surface area is 243 Å². The summed E-state index contributed by atoms with van der Waals surface area (Å²) in [5.74, 6) is -0.924. The standard InChI is InChI=1S/C29H20N6O7S/c36-28-25-15-12-23(30-29(37)18-4-2-1-3-5-18)16-19(25)17-26(43(40,41)42)27(28)34-33-21-8-6-20(7-9-21)31-32-22-10-13-24(14-11-22)35(38)39/h1-17,36H,(H,30,37)(H,40,41,42)/b32-31+,34-33+. The molecular weight excluding hydrogens is 576 g/mol. The van der Waals surface area contributed by atoms with Gasteiger partial charge >= 0.3 is 0 Å². The van der Waals surface area contributed by atoms with Gasteiger partial charge in [0.05, 0.1) is 22.0 Å². The molecule has 5 aromatic rings. The Morgan fingerprint density at radius 1 is 0.767 bits per heavy atom. The highest BCUT2D eigenvalue weighted by atomic mass is 32.2. The van der Waals surface area contributed by atoms with Gasteiger partial charge in [-0.25, -0.2) is 0 Å². The molecule has 0 heterocycles. The second-order valence-corrected chi connectivity index (χ2v) is 10.4. The second-order valence-electron chi connectivity index (χ2n) is 8.99. The van der Waals surface area contributed by atoms with E-state index in [1.165, 1.54) is 54.6 Å². The SMILES string of the molecule is O=C(Nc1ccc2c(O)c(/N=N/c3ccc(/N=N/c4ccc([N+](=O)[O-])cc4)cc3)c(S(=O)(=O)O)cc2c1)c1ccccc1. The summed E-state index contributed by atoms with van der Waals surface area (Å²) in [6, 6.07) is 25.7. The van der Waals surface area contributed by atoms with Crippen LogP contribution < -0.4 is 5.32 Å². The van der Waals surface area contributed by atoms with Crippen LogP contribution in [0.1, 0.15) is 10.4 Å². The van der Waals surface area contributed by atoms with E-state index < -0.39 is 31.4 Å². The topological polar surface area (TPSA) is 196 Å². The number of nitro benzene ring substituents is 1. The Bertz CT molecular complexity index is 2010. The fourth-order valence-electron chi connectivity index (χ4n) is 3.97. The van der Waals surface area contributed by atoms with Crippen molar-refractivity contribution in [3.63, 3.8) is 0 Å². The van der Waals surface area contributed by atoms with Crippen LogP contribution in [0.5, 0.6) is 5.75 Å². The van der Waals surface area contributed by atoms with E-state index in [0.29, 0.717) is 22.6 Å². The number of amides is 1. The molecule has 0 aliphatic carbocycles. The van der Waals surface area contributed by atoms with Crippen molar-refractivity contribution in [1.82, 2.24) is 0 Å². The van der Waals surface area contributed by atoms with Crippen LogP contribution in [0.3, 0.4) is 0 Å². The number of phenolic OH excluding ortho intramolecular Hbond substituents is 1. The number of aromatic hydroxyl groups is 1. The molecule has 0 atom stereocenters. The fourth-order valence-corrected chi connectivity index (χ4v) is 4.62. The number of fused-ring (bicyclic) bond motifs is 1. The van der Waals surface area contributed by atoms with Gasteiger partial charge in [-0.3, -0.25) is 19.5 Å². The maximum atomic E-state index is 12.5. The van der Waals surface area contributed by atoms with E-state index >= 15 is 0 Å². The number of non-ortho nitro benzene ring substituents is 1. The third-order valence-electron chi connectivity index (χ3n) is 6.08. The van der Waals surface area contributed by atoms with Crippen molar-refractivity contribution in [2.24, 2.45) is 20.5 Å². The highest BCUT2D eigenvalue weighted by Gasteiger charge is 2.22. The van der Waals surface area contributed by atoms with E-state index in [1.54, 1.807) is 42.5 Å². The number of hydrogen-bond acceptors (Lipinski definition) is 10. The van der Waals surface area contributed by atoms with Crippen molar-refractivity contribution in [2.75, 3.05) is 5.32 Å². The Morgan fingerprint density at radius 2 is 1.33 bits per heavy atom. The van der Waals surface area contributed by atoms with Crippen molar-refractivity contribution >= 4 is 60.9 Å². The van der Waals surface area contributed by atoms with Crippen LogP contribution in [0.4, 0.5) is 34.1 Å². The van der Waals surface area contributed by atoms with Gasteiger partial charge in [-0.05, 0) is 78.2 Å². The van der Waals surface area contributed by atoms with Crippen LogP contribution in [-0.4, -0.2) is 28.9 Å². The molecule has 14 heteroatoms. The maximum absolute atomic E-state index is 12.5. The average Bonchev–Trinajstić information content (AvgIpc) is 3.00. The zero-order valence-electron chi connectivity index (χ0n) is 21.9. The van der Waals surface area contributed by atoms with E-state index in [2.05, 4.69) is 25.8 Å². The van der Waals surface area contributed by atoms with Crippen molar-refractivity contribution in [3.8, 4) is 5.75 Å².